The lowest BCUT2D eigenvalue weighted by molar-refractivity contribution is -0.127. The molecule has 2 aliphatic carbocycles. The van der Waals surface area contributed by atoms with Crippen molar-refractivity contribution in [1.29, 1.82) is 0 Å². The van der Waals surface area contributed by atoms with Crippen molar-refractivity contribution < 1.29 is 29.2 Å². The van der Waals surface area contributed by atoms with Crippen LogP contribution in [-0.4, -0.2) is 36.0 Å². The van der Waals surface area contributed by atoms with E-state index in [-0.39, 0.29) is 24.4 Å². The molecule has 1 aliphatic heterocycles. The van der Waals surface area contributed by atoms with Crippen LogP contribution < -0.4 is 14.2 Å². The summed E-state index contributed by atoms with van der Waals surface area (Å²) in [6.07, 6.45) is 2.83. The number of rotatable bonds is 4. The first-order valence-corrected chi connectivity index (χ1v) is 8.67. The third-order valence-corrected chi connectivity index (χ3v) is 6.19. The van der Waals surface area contributed by atoms with E-state index in [0.29, 0.717) is 23.7 Å². The number of ether oxygens (including phenoxy) is 3. The van der Waals surface area contributed by atoms with E-state index >= 15 is 0 Å². The van der Waals surface area contributed by atoms with Gasteiger partial charge in [-0.25, -0.2) is 0 Å². The van der Waals surface area contributed by atoms with Crippen LogP contribution >= 0.6 is 0 Å². The van der Waals surface area contributed by atoms with Crippen LogP contribution in [-0.2, 0) is 4.79 Å². The molecule has 0 amide bonds. The Morgan fingerprint density at radius 2 is 2.15 bits per heavy atom. The second-order valence-corrected chi connectivity index (χ2v) is 7.24. The molecule has 2 bridgehead atoms. The molecule has 0 aromatic heterocycles. The minimum absolute atomic E-state index is 0.0980. The zero-order valence-electron chi connectivity index (χ0n) is 14.8. The topological polar surface area (TPSA) is 85.2 Å². The summed E-state index contributed by atoms with van der Waals surface area (Å²) in [4.78, 5) is 12.7. The van der Waals surface area contributed by atoms with Gasteiger partial charge < -0.3 is 24.4 Å². The molecule has 0 spiro atoms. The molecule has 5 atom stereocenters. The van der Waals surface area contributed by atoms with Crippen LogP contribution in [0.2, 0.25) is 0 Å². The second kappa shape index (κ2) is 5.77. The smallest absolute Gasteiger partial charge is 0.231 e. The fourth-order valence-electron chi connectivity index (χ4n) is 4.92. The molecule has 1 aromatic carbocycles. The summed E-state index contributed by atoms with van der Waals surface area (Å²) in [7, 11) is 1.55. The SMILES string of the molecule is C=CC[C@@]12C=C(O)C(=O)[C@@H]([C@H](c3cc(OC)c4c(c3)OCO4)[C@H]1C)[C@@H]2O. The van der Waals surface area contributed by atoms with Gasteiger partial charge in [-0.3, -0.25) is 4.79 Å². The quantitative estimate of drug-likeness (QED) is 0.805. The van der Waals surface area contributed by atoms with Crippen molar-refractivity contribution in [3.63, 3.8) is 0 Å². The van der Waals surface area contributed by atoms with Crippen LogP contribution in [0.25, 0.3) is 0 Å². The molecule has 1 aromatic rings. The van der Waals surface area contributed by atoms with E-state index in [4.69, 9.17) is 14.2 Å². The highest BCUT2D eigenvalue weighted by Crippen LogP contribution is 2.61. The maximum absolute atomic E-state index is 12.7. The zero-order valence-corrected chi connectivity index (χ0v) is 14.8. The van der Waals surface area contributed by atoms with Gasteiger partial charge >= 0.3 is 0 Å². The number of hydrogen-bond donors (Lipinski definition) is 2. The highest BCUT2D eigenvalue weighted by atomic mass is 16.7. The minimum atomic E-state index is -0.889. The summed E-state index contributed by atoms with van der Waals surface area (Å²) < 4.78 is 16.4. The third kappa shape index (κ3) is 2.05. The summed E-state index contributed by atoms with van der Waals surface area (Å²) in [5.41, 5.74) is 0.101. The van der Waals surface area contributed by atoms with Crippen molar-refractivity contribution in [3.8, 4) is 17.2 Å². The van der Waals surface area contributed by atoms with Crippen LogP contribution in [0, 0.1) is 17.3 Å². The Hall–Kier alpha value is -2.47. The first-order valence-electron chi connectivity index (χ1n) is 8.67. The standard InChI is InChI=1S/C20H22O6/c1-4-5-20-8-12(21)17(22)16(19(20)23)15(10(20)2)11-6-13(24-3)18-14(7-11)25-9-26-18/h4,6-8,10,15-16,19,21,23H,1,5,9H2,2-3H3/t10-,15+,16-,19+,20-/m1/s1. The van der Waals surface area contributed by atoms with Crippen LogP contribution in [0.4, 0.5) is 0 Å². The number of aliphatic hydroxyl groups excluding tert-OH is 2. The lowest BCUT2D eigenvalue weighted by Gasteiger charge is -2.36. The molecule has 4 rings (SSSR count). The highest BCUT2D eigenvalue weighted by Gasteiger charge is 2.62. The van der Waals surface area contributed by atoms with E-state index < -0.39 is 23.2 Å². The molecule has 1 heterocycles. The molecule has 0 radical (unpaired) electrons. The number of benzene rings is 1. The number of carbonyl (C=O) groups excluding carboxylic acids is 1. The Kier molecular flexibility index (Phi) is 3.77. The number of ketones is 1. The van der Waals surface area contributed by atoms with Crippen molar-refractivity contribution in [2.24, 2.45) is 17.3 Å². The third-order valence-electron chi connectivity index (χ3n) is 6.19. The van der Waals surface area contributed by atoms with E-state index in [1.165, 1.54) is 6.08 Å². The van der Waals surface area contributed by atoms with Gasteiger partial charge in [0.25, 0.3) is 0 Å². The predicted octanol–water partition coefficient (Wildman–Crippen LogP) is 2.72. The number of aliphatic hydroxyl groups is 2. The summed E-state index contributed by atoms with van der Waals surface area (Å²) >= 11 is 0. The van der Waals surface area contributed by atoms with E-state index in [1.807, 2.05) is 19.1 Å². The Morgan fingerprint density at radius 1 is 1.38 bits per heavy atom. The van der Waals surface area contributed by atoms with Crippen LogP contribution in [0.5, 0.6) is 17.2 Å². The lowest BCUT2D eigenvalue weighted by atomic mass is 9.70. The average Bonchev–Trinajstić information content (AvgIpc) is 3.15. The average molecular weight is 358 g/mol. The largest absolute Gasteiger partial charge is 0.505 e. The Morgan fingerprint density at radius 3 is 2.85 bits per heavy atom. The molecular weight excluding hydrogens is 336 g/mol. The van der Waals surface area contributed by atoms with Crippen molar-refractivity contribution in [3.05, 3.63) is 42.2 Å². The summed E-state index contributed by atoms with van der Waals surface area (Å²) in [6, 6.07) is 3.67. The van der Waals surface area contributed by atoms with Gasteiger partial charge in [0.05, 0.1) is 19.1 Å². The van der Waals surface area contributed by atoms with Crippen molar-refractivity contribution in [2.75, 3.05) is 13.9 Å². The van der Waals surface area contributed by atoms with E-state index in [9.17, 15) is 15.0 Å². The number of hydrogen-bond acceptors (Lipinski definition) is 6. The van der Waals surface area contributed by atoms with Crippen molar-refractivity contribution in [1.82, 2.24) is 0 Å². The van der Waals surface area contributed by atoms with E-state index in [1.54, 1.807) is 13.2 Å². The normalized spacial score (nSPS) is 34.6. The number of fused-ring (bicyclic) bond motifs is 3. The summed E-state index contributed by atoms with van der Waals surface area (Å²) in [5, 5.41) is 21.2. The fourth-order valence-corrected chi connectivity index (χ4v) is 4.92. The van der Waals surface area contributed by atoms with Gasteiger partial charge in [0.2, 0.25) is 18.3 Å². The van der Waals surface area contributed by atoms with E-state index in [2.05, 4.69) is 6.58 Å². The lowest BCUT2D eigenvalue weighted by Crippen LogP contribution is -2.41. The van der Waals surface area contributed by atoms with Crippen LogP contribution in [0.3, 0.4) is 0 Å². The fraction of sp³-hybridized carbons (Fsp3) is 0.450. The molecule has 3 aliphatic rings. The van der Waals surface area contributed by atoms with Gasteiger partial charge in [-0.2, -0.15) is 0 Å². The summed E-state index contributed by atoms with van der Waals surface area (Å²) in [6.45, 7) is 5.90. The maximum atomic E-state index is 12.7. The molecule has 6 nitrogen and oxygen atoms in total. The molecule has 26 heavy (non-hydrogen) atoms. The number of carbonyl (C=O) groups is 1. The predicted molar refractivity (Wildman–Crippen MR) is 93.5 cm³/mol. The number of methoxy groups -OCH3 is 1. The van der Waals surface area contributed by atoms with Gasteiger partial charge in [-0.05, 0) is 36.1 Å². The molecule has 0 unspecified atom stereocenters. The molecule has 0 saturated heterocycles. The molecule has 6 heteroatoms. The maximum Gasteiger partial charge on any atom is 0.231 e. The Bertz CT molecular complexity index is 813. The van der Waals surface area contributed by atoms with Gasteiger partial charge in [-0.1, -0.05) is 13.0 Å². The number of allylic oxidation sites excluding steroid dienone is 2. The highest BCUT2D eigenvalue weighted by molar-refractivity contribution is 5.98. The monoisotopic (exact) mass is 358 g/mol. The van der Waals surface area contributed by atoms with Crippen LogP contribution in [0.1, 0.15) is 24.8 Å². The van der Waals surface area contributed by atoms with Gasteiger partial charge in [-0.15, -0.1) is 6.58 Å². The molecule has 1 fully saturated rings. The molecule has 1 saturated carbocycles. The first-order chi connectivity index (χ1) is 12.4. The molecular formula is C20H22O6. The Labute approximate surface area is 151 Å². The Balaban J connectivity index is 1.86. The van der Waals surface area contributed by atoms with Crippen LogP contribution in [0.15, 0.2) is 36.6 Å². The van der Waals surface area contributed by atoms with E-state index in [0.717, 1.165) is 5.56 Å². The van der Waals surface area contributed by atoms with Crippen molar-refractivity contribution in [2.45, 2.75) is 25.4 Å². The van der Waals surface area contributed by atoms with Gasteiger partial charge in [0.15, 0.2) is 17.3 Å². The first kappa shape index (κ1) is 17.0. The zero-order chi connectivity index (χ0) is 18.6. The number of Topliss-reactive ketones (excluding diaryl/α,β-unsaturated/α-hetero) is 1. The van der Waals surface area contributed by atoms with Crippen molar-refractivity contribution >= 4 is 5.78 Å². The summed E-state index contributed by atoms with van der Waals surface area (Å²) in [5.74, 6) is -0.183. The molecule has 2 N–H and O–H groups in total. The van der Waals surface area contributed by atoms with Gasteiger partial charge in [0.1, 0.15) is 0 Å². The minimum Gasteiger partial charge on any atom is -0.505 e. The second-order valence-electron chi connectivity index (χ2n) is 7.24. The molecule has 138 valence electrons. The van der Waals surface area contributed by atoms with Gasteiger partial charge in [0, 0.05) is 11.3 Å².